The highest BCUT2D eigenvalue weighted by atomic mass is 16.3. The predicted molar refractivity (Wildman–Crippen MR) is 60.9 cm³/mol. The van der Waals surface area contributed by atoms with Gasteiger partial charge in [-0.15, -0.1) is 0 Å². The summed E-state index contributed by atoms with van der Waals surface area (Å²) in [5.74, 6) is -1.64. The van der Waals surface area contributed by atoms with E-state index in [4.69, 9.17) is 0 Å². The van der Waals surface area contributed by atoms with Crippen molar-refractivity contribution >= 4 is 11.6 Å². The molecule has 88 valence electrons. The molecule has 0 fully saturated rings. The summed E-state index contributed by atoms with van der Waals surface area (Å²) in [6.45, 7) is 0. The van der Waals surface area contributed by atoms with Crippen molar-refractivity contribution in [1.82, 2.24) is 4.98 Å². The first kappa shape index (κ1) is 10.5. The first-order valence-corrected chi connectivity index (χ1v) is 5.19. The molecule has 0 saturated carbocycles. The molecule has 0 bridgehead atoms. The molecule has 0 amide bonds. The average molecular weight is 241 g/mol. The lowest BCUT2D eigenvalue weighted by atomic mass is 9.84. The van der Waals surface area contributed by atoms with Crippen LogP contribution in [0.4, 0.5) is 0 Å². The Morgan fingerprint density at radius 1 is 0.833 bits per heavy atom. The number of rotatable bonds is 0. The zero-order valence-corrected chi connectivity index (χ0v) is 9.04. The van der Waals surface area contributed by atoms with Gasteiger partial charge in [-0.3, -0.25) is 14.6 Å². The van der Waals surface area contributed by atoms with E-state index in [1.54, 1.807) is 0 Å². The molecule has 2 aromatic rings. The smallest absolute Gasteiger partial charge is 0.199 e. The summed E-state index contributed by atoms with van der Waals surface area (Å²) in [5.41, 5.74) is -0.00139. The molecule has 5 heteroatoms. The number of nitrogens with zero attached hydrogens (tertiary/aromatic N) is 1. The van der Waals surface area contributed by atoms with Gasteiger partial charge in [0.2, 0.25) is 0 Å². The zero-order valence-electron chi connectivity index (χ0n) is 9.04. The molecule has 0 spiro atoms. The summed E-state index contributed by atoms with van der Waals surface area (Å²) in [7, 11) is 0. The highest BCUT2D eigenvalue weighted by Crippen LogP contribution is 2.36. The van der Waals surface area contributed by atoms with Gasteiger partial charge in [0.05, 0.1) is 16.7 Å². The van der Waals surface area contributed by atoms with Crippen LogP contribution in [0.1, 0.15) is 31.8 Å². The third-order valence-electron chi connectivity index (χ3n) is 2.93. The third kappa shape index (κ3) is 1.18. The van der Waals surface area contributed by atoms with Gasteiger partial charge in [-0.1, -0.05) is 0 Å². The van der Waals surface area contributed by atoms with E-state index in [9.17, 15) is 19.8 Å². The number of fused-ring (bicyclic) bond motifs is 2. The maximum absolute atomic E-state index is 12.2. The molecule has 0 atom stereocenters. The predicted octanol–water partition coefficient (Wildman–Crippen LogP) is 1.27. The van der Waals surface area contributed by atoms with Crippen LogP contribution >= 0.6 is 0 Å². The molecule has 0 unspecified atom stereocenters. The quantitative estimate of drug-likeness (QED) is 0.578. The van der Waals surface area contributed by atoms with Crippen LogP contribution in [0.25, 0.3) is 0 Å². The van der Waals surface area contributed by atoms with Crippen molar-refractivity contribution in [3.8, 4) is 11.5 Å². The number of hydrogen-bond donors (Lipinski definition) is 2. The molecule has 1 aromatic carbocycles. The molecule has 1 aliphatic carbocycles. The monoisotopic (exact) mass is 241 g/mol. The molecular formula is C13H7NO4. The van der Waals surface area contributed by atoms with Crippen LogP contribution in [0, 0.1) is 0 Å². The highest BCUT2D eigenvalue weighted by molar-refractivity contribution is 6.30. The van der Waals surface area contributed by atoms with Gasteiger partial charge in [0.15, 0.2) is 11.6 Å². The summed E-state index contributed by atoms with van der Waals surface area (Å²) in [5, 5.41) is 19.4. The fourth-order valence-electron chi connectivity index (χ4n) is 2.08. The molecule has 1 heterocycles. The van der Waals surface area contributed by atoms with Crippen molar-refractivity contribution in [2.45, 2.75) is 0 Å². The van der Waals surface area contributed by atoms with Gasteiger partial charge in [0.25, 0.3) is 0 Å². The number of carbonyl (C=O) groups is 2. The van der Waals surface area contributed by atoms with Crippen LogP contribution in [0.3, 0.4) is 0 Å². The lowest BCUT2D eigenvalue weighted by Crippen LogP contribution is -2.21. The van der Waals surface area contributed by atoms with Gasteiger partial charge in [-0.25, -0.2) is 0 Å². The SMILES string of the molecule is O=C1c2ccncc2C(=O)c2c(O)ccc(O)c21. The van der Waals surface area contributed by atoms with Crippen LogP contribution in [0.5, 0.6) is 11.5 Å². The maximum atomic E-state index is 12.2. The number of ketones is 2. The van der Waals surface area contributed by atoms with Crippen molar-refractivity contribution < 1.29 is 19.8 Å². The first-order chi connectivity index (χ1) is 8.61. The van der Waals surface area contributed by atoms with Crippen LogP contribution in [-0.4, -0.2) is 26.8 Å². The molecule has 0 aliphatic heterocycles. The van der Waals surface area contributed by atoms with Crippen LogP contribution in [-0.2, 0) is 0 Å². The summed E-state index contributed by atoms with van der Waals surface area (Å²) < 4.78 is 0. The van der Waals surface area contributed by atoms with Crippen LogP contribution in [0.15, 0.2) is 30.6 Å². The van der Waals surface area contributed by atoms with E-state index in [0.717, 1.165) is 0 Å². The number of hydrogen-bond acceptors (Lipinski definition) is 5. The van der Waals surface area contributed by atoms with E-state index in [0.29, 0.717) is 0 Å². The number of aromatic hydroxyl groups is 2. The molecule has 2 N–H and O–H groups in total. The standard InChI is InChI=1S/C13H7NO4/c15-8-1-2-9(16)11-10(8)12(17)6-3-4-14-5-7(6)13(11)18/h1-5,15-16H. The Bertz CT molecular complexity index is 646. The summed E-state index contributed by atoms with van der Waals surface area (Å²) >= 11 is 0. The van der Waals surface area contributed by atoms with Crippen molar-refractivity contribution in [1.29, 1.82) is 0 Å². The Labute approximate surface area is 101 Å². The molecule has 5 nitrogen and oxygen atoms in total. The Morgan fingerprint density at radius 2 is 1.39 bits per heavy atom. The van der Waals surface area contributed by atoms with Crippen molar-refractivity contribution in [3.05, 3.63) is 52.8 Å². The molecular weight excluding hydrogens is 234 g/mol. The van der Waals surface area contributed by atoms with Crippen molar-refractivity contribution in [2.24, 2.45) is 0 Å². The Morgan fingerprint density at radius 3 is 2.00 bits per heavy atom. The number of benzene rings is 1. The molecule has 3 rings (SSSR count). The second kappa shape index (κ2) is 3.40. The van der Waals surface area contributed by atoms with Crippen LogP contribution in [0.2, 0.25) is 0 Å². The number of phenols is 2. The summed E-state index contributed by atoms with van der Waals surface area (Å²) in [6, 6.07) is 3.79. The van der Waals surface area contributed by atoms with E-state index in [2.05, 4.69) is 4.98 Å². The van der Waals surface area contributed by atoms with Crippen LogP contribution < -0.4 is 0 Å². The largest absolute Gasteiger partial charge is 0.507 e. The van der Waals surface area contributed by atoms with E-state index in [1.165, 1.54) is 30.6 Å². The number of phenolic OH excluding ortho intramolecular Hbond substituents is 2. The highest BCUT2D eigenvalue weighted by Gasteiger charge is 2.34. The minimum atomic E-state index is -0.513. The normalized spacial score (nSPS) is 13.1. The average Bonchev–Trinajstić information content (AvgIpc) is 2.38. The molecule has 0 radical (unpaired) electrons. The van der Waals surface area contributed by atoms with Gasteiger partial charge >= 0.3 is 0 Å². The van der Waals surface area contributed by atoms with Gasteiger partial charge in [-0.2, -0.15) is 0 Å². The second-order valence-electron chi connectivity index (χ2n) is 3.93. The Hall–Kier alpha value is -2.69. The van der Waals surface area contributed by atoms with E-state index < -0.39 is 11.6 Å². The zero-order chi connectivity index (χ0) is 12.9. The van der Waals surface area contributed by atoms with E-state index in [-0.39, 0.29) is 33.8 Å². The lowest BCUT2D eigenvalue weighted by molar-refractivity contribution is 0.0973. The fourth-order valence-corrected chi connectivity index (χ4v) is 2.08. The summed E-state index contributed by atoms with van der Waals surface area (Å²) in [4.78, 5) is 28.1. The molecule has 1 aliphatic rings. The molecule has 0 saturated heterocycles. The lowest BCUT2D eigenvalue weighted by Gasteiger charge is -2.18. The van der Waals surface area contributed by atoms with Gasteiger partial charge in [0, 0.05) is 18.0 Å². The minimum Gasteiger partial charge on any atom is -0.507 e. The number of carbonyl (C=O) groups excluding carboxylic acids is 2. The summed E-state index contributed by atoms with van der Waals surface area (Å²) in [6.07, 6.45) is 2.68. The van der Waals surface area contributed by atoms with Crippen molar-refractivity contribution in [2.75, 3.05) is 0 Å². The van der Waals surface area contributed by atoms with Gasteiger partial charge < -0.3 is 10.2 Å². The van der Waals surface area contributed by atoms with Gasteiger partial charge in [-0.05, 0) is 18.2 Å². The number of aromatic nitrogens is 1. The Kier molecular flexibility index (Phi) is 1.98. The Balaban J connectivity index is 2.41. The van der Waals surface area contributed by atoms with Gasteiger partial charge in [0.1, 0.15) is 11.5 Å². The van der Waals surface area contributed by atoms with E-state index >= 15 is 0 Å². The number of pyridine rings is 1. The van der Waals surface area contributed by atoms with Crippen molar-refractivity contribution in [3.63, 3.8) is 0 Å². The fraction of sp³-hybridized carbons (Fsp3) is 0. The minimum absolute atomic E-state index is 0.135. The topological polar surface area (TPSA) is 87.5 Å². The molecule has 1 aromatic heterocycles. The molecule has 18 heavy (non-hydrogen) atoms. The first-order valence-electron chi connectivity index (χ1n) is 5.19. The maximum Gasteiger partial charge on any atom is 0.199 e. The second-order valence-corrected chi connectivity index (χ2v) is 3.93. The third-order valence-corrected chi connectivity index (χ3v) is 2.93. The van der Waals surface area contributed by atoms with E-state index in [1.807, 2.05) is 0 Å².